The zero-order valence-corrected chi connectivity index (χ0v) is 12.8. The topological polar surface area (TPSA) is 32.3 Å². The molecule has 0 aliphatic carbocycles. The van der Waals surface area contributed by atoms with Gasteiger partial charge in [0.05, 0.1) is 0 Å². The minimum atomic E-state index is 0.0700. The molecule has 2 aromatic carbocycles. The number of aromatic hydroxyl groups is 1. The Morgan fingerprint density at radius 2 is 1.65 bits per heavy atom. The molecule has 2 N–H and O–H groups in total. The van der Waals surface area contributed by atoms with Crippen LogP contribution in [0.25, 0.3) is 0 Å². The van der Waals surface area contributed by atoms with E-state index in [2.05, 4.69) is 19.2 Å². The van der Waals surface area contributed by atoms with Crippen molar-refractivity contribution < 1.29 is 5.11 Å². The van der Waals surface area contributed by atoms with Crippen LogP contribution in [0, 0.1) is 6.92 Å². The van der Waals surface area contributed by atoms with Crippen molar-refractivity contribution in [2.75, 3.05) is 0 Å². The van der Waals surface area contributed by atoms with E-state index in [4.69, 9.17) is 11.6 Å². The van der Waals surface area contributed by atoms with Gasteiger partial charge >= 0.3 is 0 Å². The van der Waals surface area contributed by atoms with Gasteiger partial charge < -0.3 is 10.4 Å². The van der Waals surface area contributed by atoms with Gasteiger partial charge in [-0.15, -0.1) is 0 Å². The smallest absolute Gasteiger partial charge is 0.120 e. The number of benzene rings is 2. The van der Waals surface area contributed by atoms with Crippen molar-refractivity contribution in [1.82, 2.24) is 5.32 Å². The van der Waals surface area contributed by atoms with E-state index in [-0.39, 0.29) is 12.1 Å². The first-order chi connectivity index (χ1) is 9.47. The van der Waals surface area contributed by atoms with Crippen molar-refractivity contribution in [3.63, 3.8) is 0 Å². The van der Waals surface area contributed by atoms with Crippen LogP contribution in [-0.4, -0.2) is 5.11 Å². The number of nitrogens with one attached hydrogen (secondary N) is 1. The highest BCUT2D eigenvalue weighted by molar-refractivity contribution is 6.30. The highest BCUT2D eigenvalue weighted by atomic mass is 35.5. The lowest BCUT2D eigenvalue weighted by atomic mass is 10.0. The van der Waals surface area contributed by atoms with E-state index in [0.29, 0.717) is 5.75 Å². The summed E-state index contributed by atoms with van der Waals surface area (Å²) in [6.45, 7) is 6.19. The Labute approximate surface area is 125 Å². The van der Waals surface area contributed by atoms with Crippen molar-refractivity contribution >= 4 is 11.6 Å². The number of phenolic OH excluding ortho intramolecular Hbond substituents is 1. The lowest BCUT2D eigenvalue weighted by Crippen LogP contribution is -2.22. The second-order valence-corrected chi connectivity index (χ2v) is 5.66. The summed E-state index contributed by atoms with van der Waals surface area (Å²) in [4.78, 5) is 0. The molecule has 20 heavy (non-hydrogen) atoms. The molecule has 2 atom stereocenters. The molecule has 2 aromatic rings. The first-order valence-electron chi connectivity index (χ1n) is 6.78. The highest BCUT2D eigenvalue weighted by Gasteiger charge is 2.14. The summed E-state index contributed by atoms with van der Waals surface area (Å²) in [6.07, 6.45) is 0. The molecule has 1 unspecified atom stereocenters. The third-order valence-corrected chi connectivity index (χ3v) is 3.77. The normalized spacial score (nSPS) is 14.0. The summed E-state index contributed by atoms with van der Waals surface area (Å²) in [5.41, 5.74) is 3.24. The van der Waals surface area contributed by atoms with E-state index in [0.717, 1.165) is 16.1 Å². The number of hydrogen-bond acceptors (Lipinski definition) is 2. The average Bonchev–Trinajstić information content (AvgIpc) is 2.42. The molecule has 0 heterocycles. The van der Waals surface area contributed by atoms with E-state index in [9.17, 15) is 5.11 Å². The first kappa shape index (κ1) is 14.9. The number of phenols is 1. The fourth-order valence-corrected chi connectivity index (χ4v) is 2.46. The second-order valence-electron chi connectivity index (χ2n) is 5.22. The van der Waals surface area contributed by atoms with Gasteiger partial charge in [0.15, 0.2) is 0 Å². The average molecular weight is 290 g/mol. The standard InChI is InChI=1S/C17H20ClNO/c1-11-4-9-17(20)16(10-11)13(3)19-12(2)14-5-7-15(18)8-6-14/h4-10,12-13,19-20H,1-3H3/t12-,13?/m1/s1. The van der Waals surface area contributed by atoms with Crippen LogP contribution in [-0.2, 0) is 0 Å². The zero-order valence-electron chi connectivity index (χ0n) is 12.0. The molecule has 0 aliphatic heterocycles. The summed E-state index contributed by atoms with van der Waals surface area (Å²) in [7, 11) is 0. The summed E-state index contributed by atoms with van der Waals surface area (Å²) < 4.78 is 0. The van der Waals surface area contributed by atoms with Gasteiger partial charge in [-0.3, -0.25) is 0 Å². The fourth-order valence-electron chi connectivity index (χ4n) is 2.33. The Kier molecular flexibility index (Phi) is 4.69. The summed E-state index contributed by atoms with van der Waals surface area (Å²) in [6, 6.07) is 13.7. The van der Waals surface area contributed by atoms with Gasteiger partial charge in [0, 0.05) is 22.7 Å². The van der Waals surface area contributed by atoms with Crippen molar-refractivity contribution in [2.24, 2.45) is 0 Å². The Morgan fingerprint density at radius 1 is 1.00 bits per heavy atom. The molecule has 3 heteroatoms. The van der Waals surface area contributed by atoms with Crippen LogP contribution in [0.4, 0.5) is 0 Å². The molecule has 0 radical (unpaired) electrons. The molecule has 0 saturated heterocycles. The molecule has 106 valence electrons. The molecule has 2 rings (SSSR count). The predicted molar refractivity (Wildman–Crippen MR) is 84.3 cm³/mol. The van der Waals surface area contributed by atoms with Gasteiger partial charge in [0.1, 0.15) is 5.75 Å². The SMILES string of the molecule is Cc1ccc(O)c(C(C)N[C@H](C)c2ccc(Cl)cc2)c1. The second kappa shape index (κ2) is 6.29. The molecular formula is C17H20ClNO. The van der Waals surface area contributed by atoms with E-state index < -0.39 is 0 Å². The van der Waals surface area contributed by atoms with Gasteiger partial charge in [-0.25, -0.2) is 0 Å². The zero-order chi connectivity index (χ0) is 14.7. The van der Waals surface area contributed by atoms with E-state index in [1.54, 1.807) is 6.07 Å². The molecule has 2 nitrogen and oxygen atoms in total. The minimum absolute atomic E-state index is 0.0700. The quantitative estimate of drug-likeness (QED) is 0.850. The lowest BCUT2D eigenvalue weighted by Gasteiger charge is -2.22. The van der Waals surface area contributed by atoms with Gasteiger partial charge in [-0.1, -0.05) is 41.4 Å². The Hall–Kier alpha value is -1.51. The molecule has 0 bridgehead atoms. The Bertz CT molecular complexity index is 580. The maximum Gasteiger partial charge on any atom is 0.120 e. The van der Waals surface area contributed by atoms with E-state index in [1.165, 1.54) is 5.56 Å². The molecule has 0 amide bonds. The largest absolute Gasteiger partial charge is 0.508 e. The van der Waals surface area contributed by atoms with Crippen molar-refractivity contribution in [3.05, 3.63) is 64.2 Å². The van der Waals surface area contributed by atoms with Crippen LogP contribution in [0.3, 0.4) is 0 Å². The van der Waals surface area contributed by atoms with Gasteiger partial charge in [0.2, 0.25) is 0 Å². The number of aryl methyl sites for hydroxylation is 1. The van der Waals surface area contributed by atoms with Crippen molar-refractivity contribution in [3.8, 4) is 5.75 Å². The van der Waals surface area contributed by atoms with Gasteiger partial charge in [0.25, 0.3) is 0 Å². The van der Waals surface area contributed by atoms with Crippen LogP contribution in [0.5, 0.6) is 5.75 Å². The van der Waals surface area contributed by atoms with E-state index in [1.807, 2.05) is 43.3 Å². The first-order valence-corrected chi connectivity index (χ1v) is 7.16. The highest BCUT2D eigenvalue weighted by Crippen LogP contribution is 2.27. The molecule has 0 saturated carbocycles. The van der Waals surface area contributed by atoms with Gasteiger partial charge in [-0.2, -0.15) is 0 Å². The van der Waals surface area contributed by atoms with Crippen molar-refractivity contribution in [1.29, 1.82) is 0 Å². The van der Waals surface area contributed by atoms with Crippen molar-refractivity contribution in [2.45, 2.75) is 32.9 Å². The maximum absolute atomic E-state index is 9.97. The number of hydrogen-bond donors (Lipinski definition) is 2. The molecule has 0 spiro atoms. The van der Waals surface area contributed by atoms with Crippen LogP contribution < -0.4 is 5.32 Å². The molecule has 0 aliphatic rings. The van der Waals surface area contributed by atoms with Crippen LogP contribution in [0.15, 0.2) is 42.5 Å². The molecule has 0 fully saturated rings. The molecule has 0 aromatic heterocycles. The fraction of sp³-hybridized carbons (Fsp3) is 0.294. The Balaban J connectivity index is 2.12. The van der Waals surface area contributed by atoms with Crippen LogP contribution in [0.1, 0.15) is 42.6 Å². The summed E-state index contributed by atoms with van der Waals surface area (Å²) in [5.74, 6) is 0.332. The molecular weight excluding hydrogens is 270 g/mol. The maximum atomic E-state index is 9.97. The third kappa shape index (κ3) is 3.53. The van der Waals surface area contributed by atoms with Crippen LogP contribution in [0.2, 0.25) is 5.02 Å². The van der Waals surface area contributed by atoms with E-state index >= 15 is 0 Å². The summed E-state index contributed by atoms with van der Waals surface area (Å²) >= 11 is 5.90. The van der Waals surface area contributed by atoms with Crippen LogP contribution >= 0.6 is 11.6 Å². The summed E-state index contributed by atoms with van der Waals surface area (Å²) in [5, 5.41) is 14.2. The lowest BCUT2D eigenvalue weighted by molar-refractivity contribution is 0.438. The number of halogens is 1. The Morgan fingerprint density at radius 3 is 2.30 bits per heavy atom. The van der Waals surface area contributed by atoms with Gasteiger partial charge in [-0.05, 0) is 44.5 Å². The predicted octanol–water partition coefficient (Wildman–Crippen LogP) is 4.77. The third-order valence-electron chi connectivity index (χ3n) is 3.52. The monoisotopic (exact) mass is 289 g/mol. The number of rotatable bonds is 4. The minimum Gasteiger partial charge on any atom is -0.508 e.